The summed E-state index contributed by atoms with van der Waals surface area (Å²) in [7, 11) is 1.25. The Bertz CT molecular complexity index is 843. The average Bonchev–Trinajstić information content (AvgIpc) is 2.66. The highest BCUT2D eigenvalue weighted by molar-refractivity contribution is 5.81. The van der Waals surface area contributed by atoms with E-state index in [0.717, 1.165) is 0 Å². The quantitative estimate of drug-likeness (QED) is 0.461. The maximum Gasteiger partial charge on any atom is 0.332 e. The summed E-state index contributed by atoms with van der Waals surface area (Å²) >= 11 is 0. The number of carbonyl (C=O) groups is 1. The molecule has 2 rings (SSSR count). The Morgan fingerprint density at radius 2 is 2.00 bits per heavy atom. The predicted octanol–water partition coefficient (Wildman–Crippen LogP) is 3.19. The van der Waals surface area contributed by atoms with Gasteiger partial charge in [0.15, 0.2) is 11.8 Å². The van der Waals surface area contributed by atoms with Crippen LogP contribution in [0.5, 0.6) is 5.75 Å². The van der Waals surface area contributed by atoms with Gasteiger partial charge in [-0.25, -0.2) is 4.79 Å². The van der Waals surface area contributed by atoms with Crippen LogP contribution in [-0.4, -0.2) is 24.6 Å². The van der Waals surface area contributed by atoms with Crippen LogP contribution in [0.3, 0.4) is 0 Å². The van der Waals surface area contributed by atoms with Crippen molar-refractivity contribution in [3.8, 4) is 11.8 Å². The minimum atomic E-state index is -0.895. The van der Waals surface area contributed by atoms with Crippen LogP contribution in [0.1, 0.15) is 24.1 Å². The molecule has 0 fully saturated rings. The van der Waals surface area contributed by atoms with Gasteiger partial charge in [0, 0.05) is 11.8 Å². The molecule has 0 bridgehead atoms. The third kappa shape index (κ3) is 4.27. The van der Waals surface area contributed by atoms with E-state index in [1.54, 1.807) is 31.2 Å². The number of hydrogen-bond donors (Lipinski definition) is 1. The van der Waals surface area contributed by atoms with Gasteiger partial charge < -0.3 is 14.8 Å². The average molecular weight is 355 g/mol. The van der Waals surface area contributed by atoms with E-state index >= 15 is 0 Å². The lowest BCUT2D eigenvalue weighted by molar-refractivity contribution is -0.385. The SMILES string of the molecule is CCOc1cc(C(Nc2ccc(C#N)cc2)C(=O)OC)ccc1[N+](=O)[O-]. The molecule has 1 atom stereocenters. The summed E-state index contributed by atoms with van der Waals surface area (Å²) in [5, 5.41) is 23.0. The van der Waals surface area contributed by atoms with E-state index in [9.17, 15) is 14.9 Å². The first-order valence-electron chi connectivity index (χ1n) is 7.75. The molecule has 0 amide bonds. The van der Waals surface area contributed by atoms with Gasteiger partial charge in [-0.15, -0.1) is 0 Å². The Hall–Kier alpha value is -3.60. The second-order valence-electron chi connectivity index (χ2n) is 5.21. The molecule has 0 aromatic heterocycles. The number of nitro benzene ring substituents is 1. The number of anilines is 1. The Morgan fingerprint density at radius 3 is 2.54 bits per heavy atom. The second kappa shape index (κ2) is 8.48. The number of nitrogens with zero attached hydrogens (tertiary/aromatic N) is 2. The van der Waals surface area contributed by atoms with Crippen molar-refractivity contribution < 1.29 is 19.2 Å². The third-order valence-electron chi connectivity index (χ3n) is 3.58. The van der Waals surface area contributed by atoms with Gasteiger partial charge in [-0.3, -0.25) is 10.1 Å². The van der Waals surface area contributed by atoms with E-state index in [1.807, 2.05) is 6.07 Å². The van der Waals surface area contributed by atoms with Crippen molar-refractivity contribution in [2.45, 2.75) is 13.0 Å². The molecular formula is C18H17N3O5. The molecule has 134 valence electrons. The summed E-state index contributed by atoms with van der Waals surface area (Å²) in [6.07, 6.45) is 0. The van der Waals surface area contributed by atoms with Crippen molar-refractivity contribution >= 4 is 17.3 Å². The summed E-state index contributed by atoms with van der Waals surface area (Å²) in [5.74, 6) is -0.490. The number of nitriles is 1. The van der Waals surface area contributed by atoms with Gasteiger partial charge in [-0.2, -0.15) is 5.26 Å². The molecule has 8 nitrogen and oxygen atoms in total. The molecule has 0 saturated heterocycles. The number of nitrogens with one attached hydrogen (secondary N) is 1. The number of esters is 1. The van der Waals surface area contributed by atoms with Gasteiger partial charge in [0.05, 0.1) is 30.3 Å². The fourth-order valence-corrected chi connectivity index (χ4v) is 2.34. The molecule has 0 aliphatic rings. The maximum atomic E-state index is 12.2. The van der Waals surface area contributed by atoms with Crippen LogP contribution >= 0.6 is 0 Å². The Balaban J connectivity index is 2.39. The minimum absolute atomic E-state index is 0.0746. The molecule has 26 heavy (non-hydrogen) atoms. The topological polar surface area (TPSA) is 114 Å². The standard InChI is InChI=1S/C18H17N3O5/c1-3-26-16-10-13(6-9-15(16)21(23)24)17(18(22)25-2)20-14-7-4-12(11-19)5-8-14/h4-10,17,20H,3H2,1-2H3. The van der Waals surface area contributed by atoms with Crippen molar-refractivity contribution in [1.82, 2.24) is 0 Å². The van der Waals surface area contributed by atoms with Gasteiger partial charge in [-0.1, -0.05) is 0 Å². The number of methoxy groups -OCH3 is 1. The first kappa shape index (κ1) is 18.7. The molecule has 2 aromatic rings. The molecule has 0 aliphatic carbocycles. The van der Waals surface area contributed by atoms with Gasteiger partial charge in [0.25, 0.3) is 0 Å². The predicted molar refractivity (Wildman–Crippen MR) is 93.8 cm³/mol. The maximum absolute atomic E-state index is 12.2. The monoisotopic (exact) mass is 355 g/mol. The van der Waals surface area contributed by atoms with Crippen LogP contribution in [0, 0.1) is 21.4 Å². The molecule has 0 spiro atoms. The van der Waals surface area contributed by atoms with E-state index in [4.69, 9.17) is 14.7 Å². The van der Waals surface area contributed by atoms with Gasteiger partial charge in [-0.05, 0) is 48.9 Å². The molecule has 2 aromatic carbocycles. The van der Waals surface area contributed by atoms with E-state index in [1.165, 1.54) is 25.3 Å². The zero-order valence-electron chi connectivity index (χ0n) is 14.3. The summed E-state index contributed by atoms with van der Waals surface area (Å²) in [6.45, 7) is 1.96. The van der Waals surface area contributed by atoms with Crippen LogP contribution in [-0.2, 0) is 9.53 Å². The molecule has 0 heterocycles. The normalized spacial score (nSPS) is 11.1. The highest BCUT2D eigenvalue weighted by Gasteiger charge is 2.25. The molecule has 1 N–H and O–H groups in total. The highest BCUT2D eigenvalue weighted by atomic mass is 16.6. The molecule has 1 unspecified atom stereocenters. The minimum Gasteiger partial charge on any atom is -0.487 e. The first-order valence-corrected chi connectivity index (χ1v) is 7.75. The van der Waals surface area contributed by atoms with Crippen molar-refractivity contribution in [3.05, 3.63) is 63.7 Å². The second-order valence-corrected chi connectivity index (χ2v) is 5.21. The van der Waals surface area contributed by atoms with Crippen molar-refractivity contribution in [2.75, 3.05) is 19.0 Å². The van der Waals surface area contributed by atoms with E-state index < -0.39 is 16.9 Å². The Kier molecular flexibility index (Phi) is 6.11. The van der Waals surface area contributed by atoms with Crippen LogP contribution in [0.4, 0.5) is 11.4 Å². The first-order chi connectivity index (χ1) is 12.5. The largest absolute Gasteiger partial charge is 0.487 e. The highest BCUT2D eigenvalue weighted by Crippen LogP contribution is 2.32. The molecule has 0 aliphatic heterocycles. The van der Waals surface area contributed by atoms with E-state index in [0.29, 0.717) is 16.8 Å². The zero-order chi connectivity index (χ0) is 19.1. The van der Waals surface area contributed by atoms with Gasteiger partial charge >= 0.3 is 11.7 Å². The molecule has 0 saturated carbocycles. The van der Waals surface area contributed by atoms with Crippen molar-refractivity contribution in [3.63, 3.8) is 0 Å². The Morgan fingerprint density at radius 1 is 1.31 bits per heavy atom. The van der Waals surface area contributed by atoms with Gasteiger partial charge in [0.1, 0.15) is 0 Å². The number of carbonyl (C=O) groups excluding carboxylic acids is 1. The summed E-state index contributed by atoms with van der Waals surface area (Å²) in [4.78, 5) is 22.8. The lowest BCUT2D eigenvalue weighted by Gasteiger charge is -2.19. The van der Waals surface area contributed by atoms with Crippen LogP contribution < -0.4 is 10.1 Å². The fourth-order valence-electron chi connectivity index (χ4n) is 2.34. The van der Waals surface area contributed by atoms with Gasteiger partial charge in [0.2, 0.25) is 0 Å². The molecular weight excluding hydrogens is 338 g/mol. The third-order valence-corrected chi connectivity index (χ3v) is 3.58. The van der Waals surface area contributed by atoms with E-state index in [2.05, 4.69) is 5.32 Å². The van der Waals surface area contributed by atoms with Crippen LogP contribution in [0.25, 0.3) is 0 Å². The number of hydrogen-bond acceptors (Lipinski definition) is 7. The van der Waals surface area contributed by atoms with Crippen molar-refractivity contribution in [2.24, 2.45) is 0 Å². The van der Waals surface area contributed by atoms with E-state index in [-0.39, 0.29) is 18.0 Å². The smallest absolute Gasteiger partial charge is 0.332 e. The summed E-state index contributed by atoms with van der Waals surface area (Å²) in [5.41, 5.74) is 1.35. The van der Waals surface area contributed by atoms with Crippen LogP contribution in [0.15, 0.2) is 42.5 Å². The fraction of sp³-hybridized carbons (Fsp3) is 0.222. The molecule has 0 radical (unpaired) electrons. The number of benzene rings is 2. The lowest BCUT2D eigenvalue weighted by atomic mass is 10.0. The Labute approximate surface area is 150 Å². The summed E-state index contributed by atoms with van der Waals surface area (Å²) < 4.78 is 10.2. The lowest BCUT2D eigenvalue weighted by Crippen LogP contribution is -2.22. The van der Waals surface area contributed by atoms with Crippen molar-refractivity contribution in [1.29, 1.82) is 5.26 Å². The number of nitro groups is 1. The molecule has 8 heteroatoms. The summed E-state index contributed by atoms with van der Waals surface area (Å²) in [6, 6.07) is 11.9. The number of ether oxygens (including phenoxy) is 2. The zero-order valence-corrected chi connectivity index (χ0v) is 14.3. The number of rotatable bonds is 7. The van der Waals surface area contributed by atoms with Crippen LogP contribution in [0.2, 0.25) is 0 Å².